The lowest BCUT2D eigenvalue weighted by atomic mass is 10.1. The van der Waals surface area contributed by atoms with Crippen LogP contribution in [0.15, 0.2) is 30.3 Å². The monoisotopic (exact) mass is 399 g/mol. The first-order chi connectivity index (χ1) is 13.6. The number of hydrogen-bond acceptors (Lipinski definition) is 5. The van der Waals surface area contributed by atoms with Gasteiger partial charge in [0.2, 0.25) is 5.91 Å². The number of halogens is 1. The molecule has 148 valence electrons. The first kappa shape index (κ1) is 19.2. The molecule has 6 nitrogen and oxygen atoms in total. The van der Waals surface area contributed by atoms with Gasteiger partial charge in [0, 0.05) is 43.9 Å². The minimum Gasteiger partial charge on any atom is -0.340 e. The Kier molecular flexibility index (Phi) is 5.78. The molecule has 1 amide bonds. The second-order valence-electron chi connectivity index (χ2n) is 7.52. The first-order valence-electron chi connectivity index (χ1n) is 10.0. The van der Waals surface area contributed by atoms with Crippen LogP contribution in [-0.4, -0.2) is 58.4 Å². The Morgan fingerprint density at radius 2 is 1.86 bits per heavy atom. The molecule has 4 rings (SSSR count). The summed E-state index contributed by atoms with van der Waals surface area (Å²) in [4.78, 5) is 25.8. The molecule has 2 heterocycles. The van der Waals surface area contributed by atoms with Crippen LogP contribution in [-0.2, 0) is 11.2 Å². The number of rotatable bonds is 6. The Morgan fingerprint density at radius 1 is 1.14 bits per heavy atom. The molecule has 1 aromatic heterocycles. The van der Waals surface area contributed by atoms with Crippen molar-refractivity contribution in [3.05, 3.63) is 46.9 Å². The summed E-state index contributed by atoms with van der Waals surface area (Å²) >= 11 is 6.13. The summed E-state index contributed by atoms with van der Waals surface area (Å²) in [5.74, 6) is 2.18. The lowest BCUT2D eigenvalue weighted by Gasteiger charge is -2.34. The summed E-state index contributed by atoms with van der Waals surface area (Å²) in [6.45, 7) is 6.80. The highest BCUT2D eigenvalue weighted by Crippen LogP contribution is 2.39. The van der Waals surface area contributed by atoms with Crippen LogP contribution in [0, 0.1) is 0 Å². The van der Waals surface area contributed by atoms with Gasteiger partial charge in [-0.2, -0.15) is 0 Å². The van der Waals surface area contributed by atoms with Gasteiger partial charge in [0.1, 0.15) is 16.8 Å². The van der Waals surface area contributed by atoms with E-state index in [0.717, 1.165) is 62.6 Å². The maximum absolute atomic E-state index is 12.5. The standard InChI is InChI=1S/C21H26ClN5O/c1-2-26-9-11-27(12-10-26)20(28)13-15-3-7-17(8-4-15)23-19-14-18(22)24-21(25-19)16-5-6-16/h3-4,7-8,14,16H,2,5-6,9-13H2,1H3,(H,23,24,25). The molecule has 1 N–H and O–H groups in total. The normalized spacial score (nSPS) is 17.6. The second kappa shape index (κ2) is 8.45. The van der Waals surface area contributed by atoms with Gasteiger partial charge in [-0.05, 0) is 37.1 Å². The average Bonchev–Trinajstić information content (AvgIpc) is 3.54. The molecule has 28 heavy (non-hydrogen) atoms. The lowest BCUT2D eigenvalue weighted by Crippen LogP contribution is -2.48. The number of likely N-dealkylation sites (N-methyl/N-ethyl adjacent to an activating group) is 1. The van der Waals surface area contributed by atoms with E-state index in [1.807, 2.05) is 29.2 Å². The van der Waals surface area contributed by atoms with Crippen molar-refractivity contribution in [3.8, 4) is 0 Å². The molecule has 7 heteroatoms. The molecular formula is C21H26ClN5O. The SMILES string of the molecule is CCN1CCN(C(=O)Cc2ccc(Nc3cc(Cl)nc(C4CC4)n3)cc2)CC1. The van der Waals surface area contributed by atoms with Crippen molar-refractivity contribution in [2.45, 2.75) is 32.1 Å². The number of piperazine rings is 1. The van der Waals surface area contributed by atoms with Crippen LogP contribution in [0.25, 0.3) is 0 Å². The van der Waals surface area contributed by atoms with E-state index in [4.69, 9.17) is 11.6 Å². The number of hydrogen-bond donors (Lipinski definition) is 1. The van der Waals surface area contributed by atoms with Crippen molar-refractivity contribution < 1.29 is 4.79 Å². The minimum absolute atomic E-state index is 0.202. The van der Waals surface area contributed by atoms with Crippen LogP contribution < -0.4 is 5.32 Å². The Bertz CT molecular complexity index is 829. The van der Waals surface area contributed by atoms with E-state index < -0.39 is 0 Å². The molecule has 1 aliphatic heterocycles. The van der Waals surface area contributed by atoms with Crippen molar-refractivity contribution in [1.29, 1.82) is 0 Å². The van der Waals surface area contributed by atoms with Gasteiger partial charge in [0.15, 0.2) is 0 Å². The summed E-state index contributed by atoms with van der Waals surface area (Å²) in [7, 11) is 0. The van der Waals surface area contributed by atoms with Crippen LogP contribution >= 0.6 is 11.6 Å². The molecule has 2 fully saturated rings. The summed E-state index contributed by atoms with van der Waals surface area (Å²) in [5, 5.41) is 3.75. The average molecular weight is 400 g/mol. The first-order valence-corrected chi connectivity index (χ1v) is 10.4. The van der Waals surface area contributed by atoms with E-state index in [9.17, 15) is 4.79 Å². The fourth-order valence-corrected chi connectivity index (χ4v) is 3.67. The maximum Gasteiger partial charge on any atom is 0.227 e. The van der Waals surface area contributed by atoms with Crippen molar-refractivity contribution in [2.24, 2.45) is 0 Å². The van der Waals surface area contributed by atoms with Crippen molar-refractivity contribution in [3.63, 3.8) is 0 Å². The third kappa shape index (κ3) is 4.80. The lowest BCUT2D eigenvalue weighted by molar-refractivity contribution is -0.132. The Morgan fingerprint density at radius 3 is 2.50 bits per heavy atom. The molecule has 1 aromatic carbocycles. The highest BCUT2D eigenvalue weighted by molar-refractivity contribution is 6.29. The summed E-state index contributed by atoms with van der Waals surface area (Å²) in [6, 6.07) is 9.68. The van der Waals surface area contributed by atoms with Crippen molar-refractivity contribution in [2.75, 3.05) is 38.0 Å². The van der Waals surface area contributed by atoms with E-state index in [1.54, 1.807) is 6.07 Å². The van der Waals surface area contributed by atoms with Gasteiger partial charge in [-0.25, -0.2) is 9.97 Å². The van der Waals surface area contributed by atoms with Crippen molar-refractivity contribution >= 4 is 29.0 Å². The summed E-state index contributed by atoms with van der Waals surface area (Å²) in [5.41, 5.74) is 1.94. The van der Waals surface area contributed by atoms with Crippen LogP contribution in [0.3, 0.4) is 0 Å². The third-order valence-electron chi connectivity index (χ3n) is 5.41. The summed E-state index contributed by atoms with van der Waals surface area (Å²) < 4.78 is 0. The molecule has 1 aliphatic carbocycles. The van der Waals surface area contributed by atoms with E-state index >= 15 is 0 Å². The highest BCUT2D eigenvalue weighted by Gasteiger charge is 2.27. The van der Waals surface area contributed by atoms with Crippen LogP contribution in [0.5, 0.6) is 0 Å². The molecule has 0 unspecified atom stereocenters. The fraction of sp³-hybridized carbons (Fsp3) is 0.476. The van der Waals surface area contributed by atoms with Gasteiger partial charge in [0.05, 0.1) is 6.42 Å². The number of aromatic nitrogens is 2. The maximum atomic E-state index is 12.5. The van der Waals surface area contributed by atoms with Gasteiger partial charge >= 0.3 is 0 Å². The van der Waals surface area contributed by atoms with Crippen LogP contribution in [0.1, 0.15) is 37.1 Å². The number of amides is 1. The van der Waals surface area contributed by atoms with Gasteiger partial charge < -0.3 is 15.1 Å². The zero-order valence-electron chi connectivity index (χ0n) is 16.2. The van der Waals surface area contributed by atoms with Gasteiger partial charge in [-0.15, -0.1) is 0 Å². The van der Waals surface area contributed by atoms with Gasteiger partial charge in [0.25, 0.3) is 0 Å². The van der Waals surface area contributed by atoms with E-state index in [2.05, 4.69) is 27.1 Å². The Balaban J connectivity index is 1.34. The largest absolute Gasteiger partial charge is 0.340 e. The number of nitrogens with one attached hydrogen (secondary N) is 1. The molecule has 0 radical (unpaired) electrons. The van der Waals surface area contributed by atoms with Gasteiger partial charge in [-0.3, -0.25) is 4.79 Å². The number of carbonyl (C=O) groups excluding carboxylic acids is 1. The number of anilines is 2. The predicted octanol–water partition coefficient (Wildman–Crippen LogP) is 3.46. The topological polar surface area (TPSA) is 61.4 Å². The molecule has 1 saturated heterocycles. The Hall–Kier alpha value is -2.18. The van der Waals surface area contributed by atoms with Gasteiger partial charge in [-0.1, -0.05) is 30.7 Å². The van der Waals surface area contributed by atoms with E-state index in [1.165, 1.54) is 0 Å². The Labute approximate surface area is 170 Å². The number of benzene rings is 1. The predicted molar refractivity (Wildman–Crippen MR) is 111 cm³/mol. The fourth-order valence-electron chi connectivity index (χ4n) is 3.48. The van der Waals surface area contributed by atoms with E-state index in [0.29, 0.717) is 23.3 Å². The zero-order valence-corrected chi connectivity index (χ0v) is 17.0. The second-order valence-corrected chi connectivity index (χ2v) is 7.91. The number of nitrogens with zero attached hydrogens (tertiary/aromatic N) is 4. The highest BCUT2D eigenvalue weighted by atomic mass is 35.5. The van der Waals surface area contributed by atoms with E-state index in [-0.39, 0.29) is 5.91 Å². The van der Waals surface area contributed by atoms with Crippen LogP contribution in [0.2, 0.25) is 5.15 Å². The molecule has 0 atom stereocenters. The van der Waals surface area contributed by atoms with Crippen LogP contribution in [0.4, 0.5) is 11.5 Å². The zero-order chi connectivity index (χ0) is 19.5. The summed E-state index contributed by atoms with van der Waals surface area (Å²) in [6.07, 6.45) is 2.71. The number of carbonyl (C=O) groups is 1. The molecule has 2 aromatic rings. The minimum atomic E-state index is 0.202. The molecule has 0 bridgehead atoms. The molecule has 1 saturated carbocycles. The third-order valence-corrected chi connectivity index (χ3v) is 5.60. The molecule has 0 spiro atoms. The quantitative estimate of drug-likeness (QED) is 0.754. The molecule has 2 aliphatic rings. The molecular weight excluding hydrogens is 374 g/mol. The smallest absolute Gasteiger partial charge is 0.227 e. The van der Waals surface area contributed by atoms with Crippen molar-refractivity contribution in [1.82, 2.24) is 19.8 Å².